The van der Waals surface area contributed by atoms with Gasteiger partial charge in [0.1, 0.15) is 0 Å². The average molecular weight is 386 g/mol. The van der Waals surface area contributed by atoms with Gasteiger partial charge in [-0.25, -0.2) is 0 Å². The zero-order chi connectivity index (χ0) is 19.5. The molecular formula is C21H27N3O2S. The summed E-state index contributed by atoms with van der Waals surface area (Å²) in [6.45, 7) is 1.62. The first-order valence-electron chi connectivity index (χ1n) is 8.99. The number of anilines is 1. The van der Waals surface area contributed by atoms with Crippen LogP contribution in [0.5, 0.6) is 0 Å². The molecule has 144 valence electrons. The van der Waals surface area contributed by atoms with E-state index in [-0.39, 0.29) is 11.8 Å². The summed E-state index contributed by atoms with van der Waals surface area (Å²) in [4.78, 5) is 26.1. The van der Waals surface area contributed by atoms with Gasteiger partial charge in [0, 0.05) is 23.5 Å². The second kappa shape index (κ2) is 11.4. The minimum Gasteiger partial charge on any atom is -0.352 e. The van der Waals surface area contributed by atoms with Crippen molar-refractivity contribution in [2.24, 2.45) is 0 Å². The SMILES string of the molecule is CN(C)CCCNC(=O)c1ccc(CSCC(=O)Nc2ccccc2)cc1. The molecule has 0 aliphatic heterocycles. The second-order valence-electron chi connectivity index (χ2n) is 6.52. The number of nitrogens with zero attached hydrogens (tertiary/aromatic N) is 1. The number of nitrogens with one attached hydrogen (secondary N) is 2. The molecule has 0 saturated heterocycles. The Balaban J connectivity index is 1.69. The van der Waals surface area contributed by atoms with Crippen LogP contribution in [-0.2, 0) is 10.5 Å². The highest BCUT2D eigenvalue weighted by Crippen LogP contribution is 2.14. The molecule has 0 aliphatic carbocycles. The van der Waals surface area contributed by atoms with E-state index in [0.717, 1.165) is 30.0 Å². The summed E-state index contributed by atoms with van der Waals surface area (Å²) in [6, 6.07) is 17.0. The lowest BCUT2D eigenvalue weighted by Crippen LogP contribution is -2.27. The van der Waals surface area contributed by atoms with Crippen LogP contribution in [0.4, 0.5) is 5.69 Å². The van der Waals surface area contributed by atoms with Crippen molar-refractivity contribution in [1.82, 2.24) is 10.2 Å². The fraction of sp³-hybridized carbons (Fsp3) is 0.333. The molecule has 0 radical (unpaired) electrons. The molecule has 2 N–H and O–H groups in total. The Kier molecular flexibility index (Phi) is 8.87. The highest BCUT2D eigenvalue weighted by molar-refractivity contribution is 7.99. The van der Waals surface area contributed by atoms with E-state index in [1.165, 1.54) is 0 Å². The van der Waals surface area contributed by atoms with Crippen molar-refractivity contribution in [1.29, 1.82) is 0 Å². The van der Waals surface area contributed by atoms with E-state index in [9.17, 15) is 9.59 Å². The smallest absolute Gasteiger partial charge is 0.251 e. The van der Waals surface area contributed by atoms with Crippen molar-refractivity contribution in [2.75, 3.05) is 38.3 Å². The van der Waals surface area contributed by atoms with Crippen LogP contribution in [-0.4, -0.2) is 49.7 Å². The zero-order valence-electron chi connectivity index (χ0n) is 15.9. The van der Waals surface area contributed by atoms with Crippen molar-refractivity contribution in [3.8, 4) is 0 Å². The van der Waals surface area contributed by atoms with E-state index in [4.69, 9.17) is 0 Å². The monoisotopic (exact) mass is 385 g/mol. The third-order valence-electron chi connectivity index (χ3n) is 3.84. The van der Waals surface area contributed by atoms with Crippen LogP contribution in [0.3, 0.4) is 0 Å². The summed E-state index contributed by atoms with van der Waals surface area (Å²) in [6.07, 6.45) is 0.929. The molecule has 0 aromatic heterocycles. The second-order valence-corrected chi connectivity index (χ2v) is 7.50. The first kappa shape index (κ1) is 21.0. The maximum absolute atomic E-state index is 12.1. The molecule has 5 nitrogen and oxygen atoms in total. The van der Waals surface area contributed by atoms with Crippen LogP contribution < -0.4 is 10.6 Å². The van der Waals surface area contributed by atoms with E-state index in [1.54, 1.807) is 11.8 Å². The molecule has 0 saturated carbocycles. The van der Waals surface area contributed by atoms with Gasteiger partial charge in [-0.3, -0.25) is 9.59 Å². The molecule has 2 aromatic carbocycles. The van der Waals surface area contributed by atoms with Crippen LogP contribution in [0, 0.1) is 0 Å². The Morgan fingerprint density at radius 2 is 1.70 bits per heavy atom. The molecule has 2 amide bonds. The van der Waals surface area contributed by atoms with Crippen molar-refractivity contribution >= 4 is 29.3 Å². The van der Waals surface area contributed by atoms with E-state index in [2.05, 4.69) is 15.5 Å². The van der Waals surface area contributed by atoms with Crippen LogP contribution in [0.2, 0.25) is 0 Å². The molecule has 6 heteroatoms. The fourth-order valence-corrected chi connectivity index (χ4v) is 3.22. The number of thioether (sulfide) groups is 1. The third-order valence-corrected chi connectivity index (χ3v) is 4.85. The molecular weight excluding hydrogens is 358 g/mol. The van der Waals surface area contributed by atoms with Gasteiger partial charge in [-0.15, -0.1) is 11.8 Å². The zero-order valence-corrected chi connectivity index (χ0v) is 16.7. The molecule has 2 rings (SSSR count). The predicted molar refractivity (Wildman–Crippen MR) is 113 cm³/mol. The third kappa shape index (κ3) is 8.28. The molecule has 0 fully saturated rings. The van der Waals surface area contributed by atoms with Gasteiger partial charge in [0.15, 0.2) is 0 Å². The summed E-state index contributed by atoms with van der Waals surface area (Å²) < 4.78 is 0. The number of amides is 2. The quantitative estimate of drug-likeness (QED) is 0.617. The van der Waals surface area contributed by atoms with E-state index >= 15 is 0 Å². The molecule has 2 aromatic rings. The van der Waals surface area contributed by atoms with Crippen molar-refractivity contribution in [3.63, 3.8) is 0 Å². The number of carbonyl (C=O) groups excluding carboxylic acids is 2. The molecule has 0 bridgehead atoms. The normalized spacial score (nSPS) is 10.6. The number of para-hydroxylation sites is 1. The van der Waals surface area contributed by atoms with E-state index in [0.29, 0.717) is 17.9 Å². The van der Waals surface area contributed by atoms with Gasteiger partial charge in [-0.1, -0.05) is 30.3 Å². The van der Waals surface area contributed by atoms with Gasteiger partial charge >= 0.3 is 0 Å². The molecule has 0 atom stereocenters. The summed E-state index contributed by atoms with van der Waals surface area (Å²) in [7, 11) is 4.04. The lowest BCUT2D eigenvalue weighted by Gasteiger charge is -2.10. The lowest BCUT2D eigenvalue weighted by molar-refractivity contribution is -0.113. The van der Waals surface area contributed by atoms with Crippen molar-refractivity contribution in [2.45, 2.75) is 12.2 Å². The van der Waals surface area contributed by atoms with Gasteiger partial charge < -0.3 is 15.5 Å². The maximum Gasteiger partial charge on any atom is 0.251 e. The fourth-order valence-electron chi connectivity index (χ4n) is 2.43. The van der Waals surface area contributed by atoms with E-state index in [1.807, 2.05) is 68.7 Å². The highest BCUT2D eigenvalue weighted by atomic mass is 32.2. The molecule has 0 spiro atoms. The van der Waals surface area contributed by atoms with Crippen LogP contribution in [0.1, 0.15) is 22.3 Å². The van der Waals surface area contributed by atoms with Gasteiger partial charge in [0.25, 0.3) is 5.91 Å². The van der Waals surface area contributed by atoms with Crippen molar-refractivity contribution < 1.29 is 9.59 Å². The molecule has 0 aliphatic rings. The number of rotatable bonds is 10. The summed E-state index contributed by atoms with van der Waals surface area (Å²) >= 11 is 1.55. The van der Waals surface area contributed by atoms with Crippen LogP contribution >= 0.6 is 11.8 Å². The van der Waals surface area contributed by atoms with Gasteiger partial charge in [-0.2, -0.15) is 0 Å². The standard InChI is InChI=1S/C21H27N3O2S/c1-24(2)14-6-13-22-21(26)18-11-9-17(10-12-18)15-27-16-20(25)23-19-7-4-3-5-8-19/h3-5,7-12H,6,13-16H2,1-2H3,(H,22,26)(H,23,25). The van der Waals surface area contributed by atoms with Gasteiger partial charge in [0.2, 0.25) is 5.91 Å². The van der Waals surface area contributed by atoms with Crippen molar-refractivity contribution in [3.05, 3.63) is 65.7 Å². The minimum atomic E-state index is -0.0461. The Hall–Kier alpha value is -2.31. The maximum atomic E-state index is 12.1. The predicted octanol–water partition coefficient (Wildman–Crippen LogP) is 3.24. The minimum absolute atomic E-state index is 0.0140. The molecule has 27 heavy (non-hydrogen) atoms. The lowest BCUT2D eigenvalue weighted by atomic mass is 10.1. The Morgan fingerprint density at radius 3 is 2.37 bits per heavy atom. The van der Waals surface area contributed by atoms with Crippen LogP contribution in [0.15, 0.2) is 54.6 Å². The Morgan fingerprint density at radius 1 is 1.00 bits per heavy atom. The van der Waals surface area contributed by atoms with E-state index < -0.39 is 0 Å². The average Bonchev–Trinajstić information content (AvgIpc) is 2.66. The highest BCUT2D eigenvalue weighted by Gasteiger charge is 2.06. The Labute approximate surface area is 165 Å². The van der Waals surface area contributed by atoms with Gasteiger partial charge in [-0.05, 0) is 56.9 Å². The first-order chi connectivity index (χ1) is 13.0. The topological polar surface area (TPSA) is 61.4 Å². The number of hydrogen-bond donors (Lipinski definition) is 2. The summed E-state index contributed by atoms with van der Waals surface area (Å²) in [5.74, 6) is 1.06. The number of carbonyl (C=O) groups is 2. The Bertz CT molecular complexity index is 718. The first-order valence-corrected chi connectivity index (χ1v) is 10.1. The van der Waals surface area contributed by atoms with Gasteiger partial charge in [0.05, 0.1) is 5.75 Å². The summed E-state index contributed by atoms with van der Waals surface area (Å²) in [5, 5.41) is 5.80. The number of hydrogen-bond acceptors (Lipinski definition) is 4. The largest absolute Gasteiger partial charge is 0.352 e. The van der Waals surface area contributed by atoms with Crippen LogP contribution in [0.25, 0.3) is 0 Å². The molecule has 0 heterocycles. The summed E-state index contributed by atoms with van der Waals surface area (Å²) in [5.41, 5.74) is 2.57. The number of benzene rings is 2. The molecule has 0 unspecified atom stereocenters.